The van der Waals surface area contributed by atoms with Gasteiger partial charge in [-0.2, -0.15) is 5.26 Å². The summed E-state index contributed by atoms with van der Waals surface area (Å²) >= 11 is 0. The van der Waals surface area contributed by atoms with E-state index in [2.05, 4.69) is 0 Å². The Kier molecular flexibility index (Phi) is 8.62. The number of rotatable bonds is 12. The molecule has 0 amide bonds. The molecule has 0 saturated heterocycles. The van der Waals surface area contributed by atoms with Crippen LogP contribution in [0.15, 0.2) is 42.5 Å². The minimum Gasteiger partial charge on any atom is -0.493 e. The molecular weight excluding hydrogens is 412 g/mol. The van der Waals surface area contributed by atoms with E-state index < -0.39 is 17.4 Å². The molecule has 0 radical (unpaired) electrons. The highest BCUT2D eigenvalue weighted by atomic mass is 16.5. The first kappa shape index (κ1) is 24.7. The molecule has 2 N–H and O–H groups in total. The highest BCUT2D eigenvalue weighted by Crippen LogP contribution is 2.36. The molecule has 8 heteroatoms. The van der Waals surface area contributed by atoms with Crippen LogP contribution < -0.4 is 9.47 Å². The van der Waals surface area contributed by atoms with Gasteiger partial charge in [0.15, 0.2) is 16.9 Å². The maximum Gasteiger partial charge on any atom is 0.335 e. The van der Waals surface area contributed by atoms with Gasteiger partial charge < -0.3 is 24.6 Å². The molecule has 0 aliphatic heterocycles. The zero-order chi connectivity index (χ0) is 23.7. The lowest BCUT2D eigenvalue weighted by atomic mass is 9.77. The number of benzene rings is 2. The van der Waals surface area contributed by atoms with Gasteiger partial charge in [-0.05, 0) is 68.2 Å². The molecular formula is C24H28N2O6. The molecule has 0 aliphatic rings. The van der Waals surface area contributed by atoms with Crippen LogP contribution >= 0.6 is 0 Å². The summed E-state index contributed by atoms with van der Waals surface area (Å²) in [6.07, 6.45) is 1.28. The number of aromatic carboxylic acids is 1. The van der Waals surface area contributed by atoms with Gasteiger partial charge in [0.2, 0.25) is 0 Å². The van der Waals surface area contributed by atoms with E-state index in [0.717, 1.165) is 5.56 Å². The SMILES string of the molecule is COc1ccc(C(C#N)(CCCN(C)CCc2cccc(C(=O)O)c2)C(=O)O)cc1OC. The molecule has 1 unspecified atom stereocenters. The number of carbonyl (C=O) groups is 2. The summed E-state index contributed by atoms with van der Waals surface area (Å²) in [6, 6.07) is 13.5. The molecule has 32 heavy (non-hydrogen) atoms. The van der Waals surface area contributed by atoms with E-state index in [4.69, 9.17) is 14.6 Å². The van der Waals surface area contributed by atoms with E-state index in [1.165, 1.54) is 20.3 Å². The molecule has 170 valence electrons. The van der Waals surface area contributed by atoms with Crippen LogP contribution in [0, 0.1) is 11.3 Å². The monoisotopic (exact) mass is 440 g/mol. The van der Waals surface area contributed by atoms with E-state index in [1.54, 1.807) is 30.3 Å². The Bertz CT molecular complexity index is 1000. The van der Waals surface area contributed by atoms with Gasteiger partial charge in [0, 0.05) is 6.54 Å². The smallest absolute Gasteiger partial charge is 0.335 e. The van der Waals surface area contributed by atoms with E-state index in [1.807, 2.05) is 24.1 Å². The number of ether oxygens (including phenoxy) is 2. The largest absolute Gasteiger partial charge is 0.493 e. The van der Waals surface area contributed by atoms with Gasteiger partial charge in [-0.3, -0.25) is 4.79 Å². The van der Waals surface area contributed by atoms with Crippen LogP contribution in [0.3, 0.4) is 0 Å². The third kappa shape index (κ3) is 5.77. The van der Waals surface area contributed by atoms with Crippen molar-refractivity contribution in [1.82, 2.24) is 4.90 Å². The minimum atomic E-state index is -1.70. The van der Waals surface area contributed by atoms with Gasteiger partial charge in [-0.15, -0.1) is 0 Å². The van der Waals surface area contributed by atoms with Crippen LogP contribution in [0.25, 0.3) is 0 Å². The van der Waals surface area contributed by atoms with E-state index in [0.29, 0.717) is 43.0 Å². The molecule has 2 aromatic rings. The number of methoxy groups -OCH3 is 2. The van der Waals surface area contributed by atoms with Crippen LogP contribution in [0.4, 0.5) is 0 Å². The van der Waals surface area contributed by atoms with Gasteiger partial charge in [0.25, 0.3) is 0 Å². The Morgan fingerprint density at radius 2 is 1.78 bits per heavy atom. The lowest BCUT2D eigenvalue weighted by molar-refractivity contribution is -0.141. The van der Waals surface area contributed by atoms with E-state index in [-0.39, 0.29) is 12.0 Å². The van der Waals surface area contributed by atoms with Gasteiger partial charge in [0.05, 0.1) is 25.9 Å². The Balaban J connectivity index is 2.04. The van der Waals surface area contributed by atoms with Gasteiger partial charge in [-0.25, -0.2) is 4.79 Å². The number of likely N-dealkylation sites (N-methyl/N-ethyl adjacent to an activating group) is 1. The molecule has 8 nitrogen and oxygen atoms in total. The second kappa shape index (κ2) is 11.2. The fraction of sp³-hybridized carbons (Fsp3) is 0.375. The third-order valence-electron chi connectivity index (χ3n) is 5.48. The summed E-state index contributed by atoms with van der Waals surface area (Å²) in [4.78, 5) is 25.3. The molecule has 0 bridgehead atoms. The molecule has 2 aromatic carbocycles. The lowest BCUT2D eigenvalue weighted by Gasteiger charge is -2.25. The normalized spacial score (nSPS) is 12.6. The summed E-state index contributed by atoms with van der Waals surface area (Å²) < 4.78 is 10.5. The van der Waals surface area contributed by atoms with Crippen molar-refractivity contribution in [2.75, 3.05) is 34.4 Å². The molecule has 0 saturated carbocycles. The summed E-state index contributed by atoms with van der Waals surface area (Å²) in [5.41, 5.74) is -0.187. The molecule has 0 aliphatic carbocycles. The van der Waals surface area contributed by atoms with Crippen LogP contribution in [-0.2, 0) is 16.6 Å². The molecule has 0 spiro atoms. The maximum absolute atomic E-state index is 12.1. The van der Waals surface area contributed by atoms with Crippen molar-refractivity contribution >= 4 is 11.9 Å². The Hall–Kier alpha value is -3.57. The summed E-state index contributed by atoms with van der Waals surface area (Å²) in [5, 5.41) is 28.8. The first-order valence-corrected chi connectivity index (χ1v) is 10.1. The van der Waals surface area contributed by atoms with E-state index in [9.17, 15) is 20.0 Å². The van der Waals surface area contributed by atoms with Crippen LogP contribution in [-0.4, -0.2) is 61.4 Å². The predicted octanol–water partition coefficient (Wildman–Crippen LogP) is 3.20. The zero-order valence-corrected chi connectivity index (χ0v) is 18.5. The highest BCUT2D eigenvalue weighted by Gasteiger charge is 2.41. The molecule has 0 aromatic heterocycles. The average molecular weight is 440 g/mol. The topological polar surface area (TPSA) is 120 Å². The average Bonchev–Trinajstić information content (AvgIpc) is 2.80. The van der Waals surface area contributed by atoms with Crippen molar-refractivity contribution in [1.29, 1.82) is 5.26 Å². The van der Waals surface area contributed by atoms with Crippen LogP contribution in [0.2, 0.25) is 0 Å². The Morgan fingerprint density at radius 1 is 1.06 bits per heavy atom. The third-order valence-corrected chi connectivity index (χ3v) is 5.48. The van der Waals surface area contributed by atoms with Crippen molar-refractivity contribution in [3.05, 3.63) is 59.2 Å². The van der Waals surface area contributed by atoms with Crippen LogP contribution in [0.5, 0.6) is 11.5 Å². The Labute approximate surface area is 187 Å². The fourth-order valence-electron chi connectivity index (χ4n) is 3.55. The summed E-state index contributed by atoms with van der Waals surface area (Å²) in [5.74, 6) is -1.34. The number of carboxylic acids is 2. The van der Waals surface area contributed by atoms with Crippen LogP contribution in [0.1, 0.15) is 34.3 Å². The number of hydrogen-bond acceptors (Lipinski definition) is 6. The second-order valence-corrected chi connectivity index (χ2v) is 7.55. The molecule has 1 atom stereocenters. The summed E-state index contributed by atoms with van der Waals surface area (Å²) in [6.45, 7) is 1.26. The maximum atomic E-state index is 12.1. The lowest BCUT2D eigenvalue weighted by Crippen LogP contribution is -2.35. The van der Waals surface area contributed by atoms with Crippen molar-refractivity contribution in [3.63, 3.8) is 0 Å². The number of nitrogens with zero attached hydrogens (tertiary/aromatic N) is 2. The van der Waals surface area contributed by atoms with Crippen molar-refractivity contribution in [2.45, 2.75) is 24.7 Å². The fourth-order valence-corrected chi connectivity index (χ4v) is 3.55. The quantitative estimate of drug-likeness (QED) is 0.516. The number of aliphatic carboxylic acids is 1. The van der Waals surface area contributed by atoms with Gasteiger partial charge in [-0.1, -0.05) is 18.2 Å². The van der Waals surface area contributed by atoms with E-state index >= 15 is 0 Å². The number of hydrogen-bond donors (Lipinski definition) is 2. The molecule has 0 heterocycles. The summed E-state index contributed by atoms with van der Waals surface area (Å²) in [7, 11) is 4.85. The standard InChI is InChI=1S/C24H28N2O6/c1-26(13-10-17-6-4-7-18(14-17)22(27)28)12-5-11-24(16-25,23(29)30)19-8-9-20(31-2)21(15-19)32-3/h4,6-9,14-15H,5,10-13H2,1-3H3,(H,27,28)(H,29,30). The number of carboxylic acid groups (broad SMARTS) is 2. The first-order valence-electron chi connectivity index (χ1n) is 10.1. The first-order chi connectivity index (χ1) is 15.3. The van der Waals surface area contributed by atoms with Gasteiger partial charge in [0.1, 0.15) is 0 Å². The van der Waals surface area contributed by atoms with Gasteiger partial charge >= 0.3 is 11.9 Å². The van der Waals surface area contributed by atoms with Crippen molar-refractivity contribution < 1.29 is 29.3 Å². The second-order valence-electron chi connectivity index (χ2n) is 7.55. The zero-order valence-electron chi connectivity index (χ0n) is 18.5. The van der Waals surface area contributed by atoms with Crippen molar-refractivity contribution in [2.24, 2.45) is 0 Å². The Morgan fingerprint density at radius 3 is 2.38 bits per heavy atom. The molecule has 2 rings (SSSR count). The van der Waals surface area contributed by atoms with Crippen molar-refractivity contribution in [3.8, 4) is 17.6 Å². The predicted molar refractivity (Wildman–Crippen MR) is 118 cm³/mol. The molecule has 0 fully saturated rings. The number of nitriles is 1. The minimum absolute atomic E-state index is 0.132. The highest BCUT2D eigenvalue weighted by molar-refractivity contribution is 5.87.